The monoisotopic (exact) mass is 458 g/mol. The Balaban J connectivity index is 1.73. The molecule has 0 radical (unpaired) electrons. The highest BCUT2D eigenvalue weighted by Gasteiger charge is 2.17. The van der Waals surface area contributed by atoms with Gasteiger partial charge in [0.05, 0.1) is 17.6 Å². The Bertz CT molecular complexity index is 1270. The number of anilines is 1. The van der Waals surface area contributed by atoms with Crippen LogP contribution in [0.4, 0.5) is 14.6 Å². The Labute approximate surface area is 187 Å². The second kappa shape index (κ2) is 9.03. The van der Waals surface area contributed by atoms with Crippen LogP contribution in [0, 0.1) is 11.9 Å². The molecule has 0 fully saturated rings. The first kappa shape index (κ1) is 21.3. The van der Waals surface area contributed by atoms with Crippen molar-refractivity contribution in [1.29, 1.82) is 0 Å². The molecule has 0 spiro atoms. The number of nitrogens with zero attached hydrogens (tertiary/aromatic N) is 3. The minimum atomic E-state index is -0.785. The Hall–Kier alpha value is -2.97. The maximum absolute atomic E-state index is 14.9. The summed E-state index contributed by atoms with van der Waals surface area (Å²) < 4.78 is 36.7. The van der Waals surface area contributed by atoms with E-state index in [2.05, 4.69) is 19.7 Å². The Morgan fingerprint density at radius 2 is 1.94 bits per heavy atom. The van der Waals surface area contributed by atoms with Gasteiger partial charge in [0.15, 0.2) is 11.6 Å². The molecule has 9 heteroatoms. The zero-order valence-electron chi connectivity index (χ0n) is 16.6. The summed E-state index contributed by atoms with van der Waals surface area (Å²) in [5.41, 5.74) is 2.48. The van der Waals surface area contributed by atoms with E-state index in [1.807, 2.05) is 31.2 Å². The largest absolute Gasteiger partial charge is 0.480 e. The Kier molecular flexibility index (Phi) is 6.20. The topological polar surface area (TPSA) is 59.9 Å². The summed E-state index contributed by atoms with van der Waals surface area (Å²) >= 11 is 7.30. The number of methoxy groups -OCH3 is 1. The van der Waals surface area contributed by atoms with E-state index in [9.17, 15) is 8.78 Å². The smallest absolute Gasteiger partial charge is 0.309 e. The van der Waals surface area contributed by atoms with Crippen molar-refractivity contribution in [3.05, 3.63) is 71.1 Å². The van der Waals surface area contributed by atoms with Crippen molar-refractivity contribution < 1.29 is 13.5 Å². The summed E-state index contributed by atoms with van der Waals surface area (Å²) in [6.07, 6.45) is 1.24. The van der Waals surface area contributed by atoms with E-state index in [4.69, 9.17) is 16.3 Å². The fourth-order valence-electron chi connectivity index (χ4n) is 3.16. The number of fused-ring (bicyclic) bond motifs is 1. The van der Waals surface area contributed by atoms with E-state index in [1.165, 1.54) is 19.4 Å². The summed E-state index contributed by atoms with van der Waals surface area (Å²) in [5.74, 6) is -0.288. The molecule has 158 valence electrons. The molecular weight excluding hydrogens is 442 g/mol. The van der Waals surface area contributed by atoms with Crippen molar-refractivity contribution in [2.75, 3.05) is 11.8 Å². The molecule has 0 saturated carbocycles. The number of aryl methyl sites for hydroxylation is 1. The van der Waals surface area contributed by atoms with Crippen molar-refractivity contribution in [3.63, 3.8) is 0 Å². The van der Waals surface area contributed by atoms with Crippen LogP contribution in [0.25, 0.3) is 22.0 Å². The van der Waals surface area contributed by atoms with Crippen LogP contribution in [0.2, 0.25) is 5.02 Å². The lowest BCUT2D eigenvalue weighted by Crippen LogP contribution is -2.01. The number of hydrogen-bond donors (Lipinski definition) is 1. The first-order chi connectivity index (χ1) is 15.0. The quantitative estimate of drug-likeness (QED) is 0.270. The zero-order valence-corrected chi connectivity index (χ0v) is 18.2. The van der Waals surface area contributed by atoms with Gasteiger partial charge >= 0.3 is 6.08 Å². The van der Waals surface area contributed by atoms with E-state index >= 15 is 0 Å². The molecule has 1 N–H and O–H groups in total. The summed E-state index contributed by atoms with van der Waals surface area (Å²) in [7, 11) is 1.47. The van der Waals surface area contributed by atoms with Crippen molar-refractivity contribution in [2.45, 2.75) is 18.2 Å². The molecule has 31 heavy (non-hydrogen) atoms. The van der Waals surface area contributed by atoms with Crippen molar-refractivity contribution in [3.8, 4) is 17.0 Å². The van der Waals surface area contributed by atoms with Gasteiger partial charge in [0.2, 0.25) is 5.88 Å². The van der Waals surface area contributed by atoms with Gasteiger partial charge in [-0.1, -0.05) is 30.7 Å². The van der Waals surface area contributed by atoms with Gasteiger partial charge in [-0.15, -0.1) is 0 Å². The molecule has 0 unspecified atom stereocenters. The van der Waals surface area contributed by atoms with Crippen molar-refractivity contribution in [2.24, 2.45) is 0 Å². The minimum absolute atomic E-state index is 0.0208. The van der Waals surface area contributed by atoms with E-state index in [0.29, 0.717) is 33.5 Å². The number of halogens is 3. The maximum Gasteiger partial charge on any atom is 0.309 e. The summed E-state index contributed by atoms with van der Waals surface area (Å²) in [6, 6.07) is 12.2. The summed E-state index contributed by atoms with van der Waals surface area (Å²) in [4.78, 5) is 12.6. The fourth-order valence-corrected chi connectivity index (χ4v) is 4.07. The van der Waals surface area contributed by atoms with Crippen LogP contribution >= 0.6 is 23.5 Å². The van der Waals surface area contributed by atoms with Crippen LogP contribution in [0.3, 0.4) is 0 Å². The molecule has 4 aromatic rings. The SMILES string of the molecule is CCc1cc(-c2cc(F)c(NSc3ccccc3Cl)nc2OC)cc2cnc(F)nc12. The third-order valence-electron chi connectivity index (χ3n) is 4.65. The Morgan fingerprint density at radius 3 is 2.68 bits per heavy atom. The van der Waals surface area contributed by atoms with Crippen LogP contribution in [-0.4, -0.2) is 22.1 Å². The number of nitrogens with one attached hydrogen (secondary N) is 1. The lowest BCUT2D eigenvalue weighted by atomic mass is 9.99. The van der Waals surface area contributed by atoms with Crippen LogP contribution in [0.1, 0.15) is 12.5 Å². The van der Waals surface area contributed by atoms with Gasteiger partial charge in [-0.3, -0.25) is 0 Å². The number of ether oxygens (including phenoxy) is 1. The highest BCUT2D eigenvalue weighted by molar-refractivity contribution is 8.00. The fraction of sp³-hybridized carbons (Fsp3) is 0.136. The van der Waals surface area contributed by atoms with E-state index in [-0.39, 0.29) is 11.7 Å². The third-order valence-corrected chi connectivity index (χ3v) is 5.97. The minimum Gasteiger partial charge on any atom is -0.480 e. The van der Waals surface area contributed by atoms with Gasteiger partial charge in [0.1, 0.15) is 0 Å². The highest BCUT2D eigenvalue weighted by atomic mass is 35.5. The van der Waals surface area contributed by atoms with Gasteiger partial charge in [0, 0.05) is 22.0 Å². The number of benzene rings is 2. The first-order valence-corrected chi connectivity index (χ1v) is 10.6. The van der Waals surface area contributed by atoms with Gasteiger partial charge < -0.3 is 9.46 Å². The lowest BCUT2D eigenvalue weighted by Gasteiger charge is -2.14. The van der Waals surface area contributed by atoms with Gasteiger partial charge in [-0.05, 0) is 59.8 Å². The average molecular weight is 459 g/mol. The molecule has 0 saturated heterocycles. The number of rotatable bonds is 6. The standard InChI is InChI=1S/C22H17ClF2N4OS/c1-3-12-8-13(9-14-11-26-22(25)27-19(12)14)15-10-17(24)20(28-21(15)30-2)29-31-18-7-5-4-6-16(18)23/h4-11H,3H2,1-2H3,(H,28,29). The molecular formula is C22H17ClF2N4OS. The molecule has 2 heterocycles. The average Bonchev–Trinajstić information content (AvgIpc) is 2.78. The molecule has 0 aliphatic carbocycles. The molecule has 0 bridgehead atoms. The van der Waals surface area contributed by atoms with Crippen molar-refractivity contribution in [1.82, 2.24) is 15.0 Å². The number of pyridine rings is 1. The molecule has 4 rings (SSSR count). The summed E-state index contributed by atoms with van der Waals surface area (Å²) in [5, 5.41) is 1.19. The predicted molar refractivity (Wildman–Crippen MR) is 120 cm³/mol. The molecule has 2 aromatic carbocycles. The van der Waals surface area contributed by atoms with E-state index in [0.717, 1.165) is 22.4 Å². The Morgan fingerprint density at radius 1 is 1.13 bits per heavy atom. The predicted octanol–water partition coefficient (Wildman–Crippen LogP) is 6.31. The third kappa shape index (κ3) is 4.40. The van der Waals surface area contributed by atoms with Gasteiger partial charge in [0.25, 0.3) is 0 Å². The van der Waals surface area contributed by atoms with E-state index < -0.39 is 11.9 Å². The normalized spacial score (nSPS) is 11.0. The second-order valence-electron chi connectivity index (χ2n) is 6.58. The molecule has 5 nitrogen and oxygen atoms in total. The summed E-state index contributed by atoms with van der Waals surface area (Å²) in [6.45, 7) is 1.94. The number of aromatic nitrogens is 3. The maximum atomic E-state index is 14.9. The van der Waals surface area contributed by atoms with Crippen LogP contribution in [0.5, 0.6) is 5.88 Å². The molecule has 0 aliphatic heterocycles. The first-order valence-electron chi connectivity index (χ1n) is 9.37. The lowest BCUT2D eigenvalue weighted by molar-refractivity contribution is 0.399. The molecule has 0 atom stereocenters. The molecule has 0 amide bonds. The van der Waals surface area contributed by atoms with Gasteiger partial charge in [-0.2, -0.15) is 9.37 Å². The second-order valence-corrected chi connectivity index (χ2v) is 7.83. The van der Waals surface area contributed by atoms with Gasteiger partial charge in [-0.25, -0.2) is 14.4 Å². The van der Waals surface area contributed by atoms with Crippen LogP contribution in [0.15, 0.2) is 53.6 Å². The molecule has 2 aromatic heterocycles. The van der Waals surface area contributed by atoms with Crippen molar-refractivity contribution >= 4 is 40.3 Å². The molecule has 0 aliphatic rings. The zero-order chi connectivity index (χ0) is 22.0. The number of hydrogen-bond acceptors (Lipinski definition) is 6. The van der Waals surface area contributed by atoms with E-state index in [1.54, 1.807) is 12.1 Å². The van der Waals surface area contributed by atoms with Crippen LogP contribution < -0.4 is 9.46 Å². The van der Waals surface area contributed by atoms with Crippen LogP contribution in [-0.2, 0) is 6.42 Å². The highest BCUT2D eigenvalue weighted by Crippen LogP contribution is 2.36.